The fraction of sp³-hybridized carbons (Fsp3) is 0.643. The summed E-state index contributed by atoms with van der Waals surface area (Å²) in [7, 11) is 0. The molecule has 17 heavy (non-hydrogen) atoms. The molecule has 0 aromatic carbocycles. The molecule has 0 radical (unpaired) electrons. The van der Waals surface area contributed by atoms with Crippen LogP contribution in [0.5, 0.6) is 5.88 Å². The van der Waals surface area contributed by atoms with Crippen LogP contribution in [-0.4, -0.2) is 11.6 Å². The number of hydrogen-bond donors (Lipinski definition) is 1. The quantitative estimate of drug-likeness (QED) is 0.703. The Bertz CT molecular complexity index is 313. The van der Waals surface area contributed by atoms with E-state index in [2.05, 4.69) is 11.9 Å². The van der Waals surface area contributed by atoms with Crippen LogP contribution in [0, 0.1) is 0 Å². The number of unbranched alkanes of at least 4 members (excludes halogenated alkanes) is 4. The minimum Gasteiger partial charge on any atom is -0.477 e. The summed E-state index contributed by atoms with van der Waals surface area (Å²) in [5.41, 5.74) is 6.85. The van der Waals surface area contributed by atoms with Crippen LogP contribution in [0.15, 0.2) is 18.3 Å². The summed E-state index contributed by atoms with van der Waals surface area (Å²) in [6, 6.07) is 3.84. The van der Waals surface area contributed by atoms with E-state index in [9.17, 15) is 0 Å². The zero-order valence-corrected chi connectivity index (χ0v) is 11.0. The molecule has 0 aliphatic rings. The molecule has 3 heteroatoms. The lowest BCUT2D eigenvalue weighted by Crippen LogP contribution is -2.09. The van der Waals surface area contributed by atoms with Crippen LogP contribution in [0.3, 0.4) is 0 Å². The van der Waals surface area contributed by atoms with Crippen molar-refractivity contribution in [3.63, 3.8) is 0 Å². The van der Waals surface area contributed by atoms with Gasteiger partial charge in [-0.15, -0.1) is 0 Å². The standard InChI is InChI=1S/C14H24N2O/c1-3-4-5-6-7-11-17-14-13(12(2)15)9-8-10-16-14/h8-10,12H,3-7,11,15H2,1-2H3/t12-/m1/s1. The highest BCUT2D eigenvalue weighted by Gasteiger charge is 2.08. The number of rotatable bonds is 8. The molecular weight excluding hydrogens is 212 g/mol. The zero-order chi connectivity index (χ0) is 12.5. The van der Waals surface area contributed by atoms with Crippen molar-refractivity contribution in [3.8, 4) is 5.88 Å². The van der Waals surface area contributed by atoms with Crippen molar-refractivity contribution in [1.29, 1.82) is 0 Å². The normalized spacial score (nSPS) is 12.4. The van der Waals surface area contributed by atoms with Gasteiger partial charge in [0.25, 0.3) is 0 Å². The summed E-state index contributed by atoms with van der Waals surface area (Å²) in [5, 5.41) is 0. The Morgan fingerprint density at radius 1 is 1.29 bits per heavy atom. The van der Waals surface area contributed by atoms with Crippen molar-refractivity contribution in [3.05, 3.63) is 23.9 Å². The number of aromatic nitrogens is 1. The first-order valence-corrected chi connectivity index (χ1v) is 6.59. The molecule has 1 heterocycles. The number of ether oxygens (including phenoxy) is 1. The summed E-state index contributed by atoms with van der Waals surface area (Å²) >= 11 is 0. The average molecular weight is 236 g/mol. The van der Waals surface area contributed by atoms with E-state index in [-0.39, 0.29) is 6.04 Å². The maximum atomic E-state index is 5.86. The van der Waals surface area contributed by atoms with Crippen LogP contribution >= 0.6 is 0 Å². The molecule has 0 saturated carbocycles. The Morgan fingerprint density at radius 3 is 2.76 bits per heavy atom. The second kappa shape index (κ2) is 8.07. The van der Waals surface area contributed by atoms with Gasteiger partial charge in [0.2, 0.25) is 5.88 Å². The van der Waals surface area contributed by atoms with E-state index in [0.717, 1.165) is 18.6 Å². The smallest absolute Gasteiger partial charge is 0.218 e. The molecule has 0 saturated heterocycles. The van der Waals surface area contributed by atoms with Crippen molar-refractivity contribution in [2.75, 3.05) is 6.61 Å². The highest BCUT2D eigenvalue weighted by molar-refractivity contribution is 5.27. The second-order valence-corrected chi connectivity index (χ2v) is 4.45. The maximum absolute atomic E-state index is 5.86. The molecule has 0 fully saturated rings. The molecule has 1 atom stereocenters. The number of nitrogens with two attached hydrogens (primary N) is 1. The lowest BCUT2D eigenvalue weighted by atomic mass is 10.1. The largest absolute Gasteiger partial charge is 0.477 e. The Morgan fingerprint density at radius 2 is 2.06 bits per heavy atom. The molecule has 2 N–H and O–H groups in total. The van der Waals surface area contributed by atoms with Crippen LogP contribution in [0.25, 0.3) is 0 Å². The third-order valence-corrected chi connectivity index (χ3v) is 2.78. The molecule has 1 aromatic rings. The highest BCUT2D eigenvalue weighted by atomic mass is 16.5. The van der Waals surface area contributed by atoms with Crippen LogP contribution in [-0.2, 0) is 0 Å². The molecule has 96 valence electrons. The number of pyridine rings is 1. The minimum atomic E-state index is -0.0289. The van der Waals surface area contributed by atoms with Crippen molar-refractivity contribution in [2.45, 2.75) is 52.0 Å². The van der Waals surface area contributed by atoms with Gasteiger partial charge in [0.05, 0.1) is 6.61 Å². The Kier molecular flexibility index (Phi) is 6.63. The summed E-state index contributed by atoms with van der Waals surface area (Å²) < 4.78 is 5.69. The predicted octanol–water partition coefficient (Wildman–Crippen LogP) is 3.45. The van der Waals surface area contributed by atoms with Gasteiger partial charge in [0, 0.05) is 17.8 Å². The second-order valence-electron chi connectivity index (χ2n) is 4.45. The highest BCUT2D eigenvalue weighted by Crippen LogP contribution is 2.20. The maximum Gasteiger partial charge on any atom is 0.218 e. The van der Waals surface area contributed by atoms with Crippen LogP contribution in [0.1, 0.15) is 57.6 Å². The van der Waals surface area contributed by atoms with Gasteiger partial charge in [-0.1, -0.05) is 38.7 Å². The molecule has 0 spiro atoms. The van der Waals surface area contributed by atoms with Gasteiger partial charge >= 0.3 is 0 Å². The fourth-order valence-electron chi connectivity index (χ4n) is 1.74. The summed E-state index contributed by atoms with van der Waals surface area (Å²) in [6.45, 7) is 4.91. The fourth-order valence-corrected chi connectivity index (χ4v) is 1.74. The molecular formula is C14H24N2O. The number of hydrogen-bond acceptors (Lipinski definition) is 3. The molecule has 1 aromatic heterocycles. The van der Waals surface area contributed by atoms with E-state index >= 15 is 0 Å². The van der Waals surface area contributed by atoms with Crippen LogP contribution < -0.4 is 10.5 Å². The topological polar surface area (TPSA) is 48.1 Å². The summed E-state index contributed by atoms with van der Waals surface area (Å²) in [4.78, 5) is 4.23. The lowest BCUT2D eigenvalue weighted by molar-refractivity contribution is 0.289. The van der Waals surface area contributed by atoms with Crippen molar-refractivity contribution in [1.82, 2.24) is 4.98 Å². The van der Waals surface area contributed by atoms with Gasteiger partial charge in [-0.2, -0.15) is 0 Å². The van der Waals surface area contributed by atoms with Gasteiger partial charge in [0.1, 0.15) is 0 Å². The molecule has 0 aliphatic carbocycles. The zero-order valence-electron chi connectivity index (χ0n) is 11.0. The van der Waals surface area contributed by atoms with E-state index in [4.69, 9.17) is 10.5 Å². The molecule has 3 nitrogen and oxygen atoms in total. The Balaban J connectivity index is 2.31. The molecule has 0 unspecified atom stereocenters. The van der Waals surface area contributed by atoms with Gasteiger partial charge in [-0.25, -0.2) is 4.98 Å². The first-order chi connectivity index (χ1) is 8.25. The van der Waals surface area contributed by atoms with E-state index < -0.39 is 0 Å². The van der Waals surface area contributed by atoms with Gasteiger partial charge in [-0.3, -0.25) is 0 Å². The van der Waals surface area contributed by atoms with Crippen molar-refractivity contribution < 1.29 is 4.74 Å². The molecule has 0 bridgehead atoms. The van der Waals surface area contributed by atoms with E-state index in [1.54, 1.807) is 6.20 Å². The van der Waals surface area contributed by atoms with Crippen LogP contribution in [0.4, 0.5) is 0 Å². The Labute approximate surface area is 104 Å². The van der Waals surface area contributed by atoms with Crippen molar-refractivity contribution >= 4 is 0 Å². The third-order valence-electron chi connectivity index (χ3n) is 2.78. The van der Waals surface area contributed by atoms with Gasteiger partial charge < -0.3 is 10.5 Å². The summed E-state index contributed by atoms with van der Waals surface area (Å²) in [6.07, 6.45) is 7.95. The molecule has 1 rings (SSSR count). The minimum absolute atomic E-state index is 0.0289. The predicted molar refractivity (Wildman–Crippen MR) is 71.1 cm³/mol. The monoisotopic (exact) mass is 236 g/mol. The molecule has 0 amide bonds. The first kappa shape index (κ1) is 14.0. The van der Waals surface area contributed by atoms with Crippen molar-refractivity contribution in [2.24, 2.45) is 5.73 Å². The van der Waals surface area contributed by atoms with Gasteiger partial charge in [0.15, 0.2) is 0 Å². The van der Waals surface area contributed by atoms with E-state index in [0.29, 0.717) is 5.88 Å². The van der Waals surface area contributed by atoms with E-state index in [1.807, 2.05) is 19.1 Å². The SMILES string of the molecule is CCCCCCCOc1ncccc1[C@@H](C)N. The molecule has 0 aliphatic heterocycles. The van der Waals surface area contributed by atoms with E-state index in [1.165, 1.54) is 25.7 Å². The lowest BCUT2D eigenvalue weighted by Gasteiger charge is -2.12. The third kappa shape index (κ3) is 5.18. The van der Waals surface area contributed by atoms with Crippen LogP contribution in [0.2, 0.25) is 0 Å². The average Bonchev–Trinajstić information content (AvgIpc) is 2.34. The first-order valence-electron chi connectivity index (χ1n) is 6.59. The Hall–Kier alpha value is -1.09. The number of nitrogens with zero attached hydrogens (tertiary/aromatic N) is 1. The van der Waals surface area contributed by atoms with Gasteiger partial charge in [-0.05, 0) is 19.4 Å². The summed E-state index contributed by atoms with van der Waals surface area (Å²) in [5.74, 6) is 0.693.